The number of ether oxygens (including phenoxy) is 1. The summed E-state index contributed by atoms with van der Waals surface area (Å²) >= 11 is 0. The van der Waals surface area contributed by atoms with Gasteiger partial charge in [-0.2, -0.15) is 0 Å². The van der Waals surface area contributed by atoms with Crippen LogP contribution >= 0.6 is 0 Å². The van der Waals surface area contributed by atoms with Gasteiger partial charge in [0.1, 0.15) is 23.6 Å². The Kier molecular flexibility index (Phi) is 10.4. The smallest absolute Gasteiger partial charge is 0.254 e. The van der Waals surface area contributed by atoms with E-state index in [2.05, 4.69) is 25.2 Å². The number of β-amino-alcohol motifs (C(OH)–C–C–N with tert-alkyl or cyclic N) is 1. The number of hydrogen-bond donors (Lipinski definition) is 5. The minimum absolute atomic E-state index is 0.0226. The number of benzene rings is 1. The number of phenolic OH excluding ortho intramolecular Hbond substituents is 1. The minimum Gasteiger partial charge on any atom is -0.507 e. The zero-order valence-electron chi connectivity index (χ0n) is 28.4. The lowest BCUT2D eigenvalue weighted by atomic mass is 9.92. The van der Waals surface area contributed by atoms with E-state index < -0.39 is 12.0 Å². The number of hydrogen-bond acceptors (Lipinski definition) is 12. The van der Waals surface area contributed by atoms with Gasteiger partial charge in [-0.15, -0.1) is 0 Å². The Bertz CT molecular complexity index is 1480. The molecule has 4 atom stereocenters. The molecule has 262 valence electrons. The Morgan fingerprint density at radius 2 is 1.88 bits per heavy atom. The van der Waals surface area contributed by atoms with E-state index in [9.17, 15) is 15.0 Å². The van der Waals surface area contributed by atoms with Crippen molar-refractivity contribution >= 4 is 11.6 Å². The van der Waals surface area contributed by atoms with Gasteiger partial charge in [0.15, 0.2) is 5.76 Å². The number of aromatic nitrogens is 1. The molecule has 4 aliphatic rings. The standard InChI is InChI=1S/C35H52N8O5/c1-22(2)33(35(46)42-13-10-26(44)21-42)31-17-32(39-48-31)47-23(3)19-40-11-8-24(9-12-40)41-14-15-43-25(20-41)18-38-34(37)29(43)16-28(36)27-6-4-5-7-30(27)45/h4-7,16-17,22-26,33,38,44-45H,8-15,18-21,36-37H2,1-3H3/b28-16-/t23?,25-,26+,33+/m0/s1. The van der Waals surface area contributed by atoms with Crippen molar-refractivity contribution in [2.45, 2.75) is 70.2 Å². The van der Waals surface area contributed by atoms with Crippen LogP contribution in [0.3, 0.4) is 0 Å². The molecule has 0 radical (unpaired) electrons. The number of phenols is 1. The normalized spacial score (nSPS) is 24.5. The van der Waals surface area contributed by atoms with Crippen LogP contribution in [0.4, 0.5) is 0 Å². The van der Waals surface area contributed by atoms with Crippen LogP contribution in [0.1, 0.15) is 57.3 Å². The molecule has 3 fully saturated rings. The summed E-state index contributed by atoms with van der Waals surface area (Å²) in [5.74, 6) is 1.20. The third-order valence-corrected chi connectivity index (χ3v) is 10.3. The van der Waals surface area contributed by atoms with E-state index in [4.69, 9.17) is 20.7 Å². The number of piperazine rings is 1. The quantitative estimate of drug-likeness (QED) is 0.249. The molecule has 0 aliphatic carbocycles. The zero-order chi connectivity index (χ0) is 33.9. The number of aromatic hydroxyl groups is 1. The monoisotopic (exact) mass is 664 g/mol. The average Bonchev–Trinajstić information content (AvgIpc) is 3.71. The van der Waals surface area contributed by atoms with E-state index in [-0.39, 0.29) is 29.7 Å². The van der Waals surface area contributed by atoms with E-state index >= 15 is 0 Å². The lowest BCUT2D eigenvalue weighted by Crippen LogP contribution is -2.62. The average molecular weight is 665 g/mol. The molecule has 0 spiro atoms. The second kappa shape index (κ2) is 14.7. The number of nitrogens with zero attached hydrogens (tertiary/aromatic N) is 5. The lowest BCUT2D eigenvalue weighted by molar-refractivity contribution is -0.133. The van der Waals surface area contributed by atoms with Crippen molar-refractivity contribution in [1.29, 1.82) is 0 Å². The van der Waals surface area contributed by atoms with E-state index in [1.165, 1.54) is 0 Å². The molecule has 1 unspecified atom stereocenters. The van der Waals surface area contributed by atoms with Gasteiger partial charge in [0.2, 0.25) is 5.91 Å². The molecule has 1 amide bonds. The summed E-state index contributed by atoms with van der Waals surface area (Å²) in [6.07, 6.45) is 4.12. The molecule has 13 nitrogen and oxygen atoms in total. The summed E-state index contributed by atoms with van der Waals surface area (Å²) in [6, 6.07) is 9.63. The lowest BCUT2D eigenvalue weighted by Gasteiger charge is -2.49. The topological polar surface area (TPSA) is 170 Å². The highest BCUT2D eigenvalue weighted by Gasteiger charge is 2.37. The highest BCUT2D eigenvalue weighted by atomic mass is 16.5. The summed E-state index contributed by atoms with van der Waals surface area (Å²) in [5, 5.41) is 27.7. The number of fused-ring (bicyclic) bond motifs is 1. The summed E-state index contributed by atoms with van der Waals surface area (Å²) < 4.78 is 11.8. The summed E-state index contributed by atoms with van der Waals surface area (Å²) in [6.45, 7) is 13.3. The minimum atomic E-state index is -0.461. The fourth-order valence-corrected chi connectivity index (χ4v) is 7.70. The third-order valence-electron chi connectivity index (χ3n) is 10.3. The largest absolute Gasteiger partial charge is 0.507 e. The Morgan fingerprint density at radius 1 is 1.10 bits per heavy atom. The summed E-state index contributed by atoms with van der Waals surface area (Å²) in [7, 11) is 0. The Labute approximate surface area is 283 Å². The molecule has 5 heterocycles. The van der Waals surface area contributed by atoms with Crippen LogP contribution in [-0.4, -0.2) is 124 Å². The number of piperidine rings is 1. The summed E-state index contributed by atoms with van der Waals surface area (Å²) in [5.41, 5.74) is 14.8. The number of carbonyl (C=O) groups is 1. The number of aliphatic hydroxyl groups excluding tert-OH is 1. The molecule has 6 rings (SSSR count). The number of rotatable bonds is 10. The Morgan fingerprint density at radius 3 is 2.58 bits per heavy atom. The highest BCUT2D eigenvalue weighted by Crippen LogP contribution is 2.32. The van der Waals surface area contributed by atoms with Gasteiger partial charge in [-0.05, 0) is 68.6 Å². The molecule has 48 heavy (non-hydrogen) atoms. The van der Waals surface area contributed by atoms with Gasteiger partial charge in [0.25, 0.3) is 5.88 Å². The molecule has 4 aliphatic heterocycles. The molecule has 7 N–H and O–H groups in total. The molecule has 1 aromatic heterocycles. The van der Waals surface area contributed by atoms with Gasteiger partial charge in [0.05, 0.1) is 17.8 Å². The van der Waals surface area contributed by atoms with Gasteiger partial charge >= 0.3 is 0 Å². The molecule has 3 saturated heterocycles. The Hall–Kier alpha value is -3.94. The van der Waals surface area contributed by atoms with Crippen LogP contribution in [0.15, 0.2) is 52.4 Å². The van der Waals surface area contributed by atoms with Gasteiger partial charge in [-0.3, -0.25) is 14.6 Å². The van der Waals surface area contributed by atoms with Crippen molar-refractivity contribution in [3.05, 3.63) is 59.2 Å². The van der Waals surface area contributed by atoms with Gasteiger partial charge in [-0.1, -0.05) is 26.0 Å². The van der Waals surface area contributed by atoms with Crippen molar-refractivity contribution in [3.8, 4) is 11.6 Å². The first kappa shape index (κ1) is 33.9. The SMILES string of the molecule is CC(CN1CCC(N2CCN3C(/C=C(\N)c4ccccc4O)=C(N)NC[C@H]3C2)CC1)Oc1cc([C@H](C(=O)N2CC[C@@H](O)C2)C(C)C)on1. The fraction of sp³-hybridized carbons (Fsp3) is 0.600. The van der Waals surface area contributed by atoms with E-state index in [1.807, 2.05) is 39.0 Å². The number of likely N-dealkylation sites (tertiary alicyclic amines) is 2. The van der Waals surface area contributed by atoms with Crippen LogP contribution in [0.25, 0.3) is 5.70 Å². The van der Waals surface area contributed by atoms with Crippen LogP contribution in [-0.2, 0) is 4.79 Å². The highest BCUT2D eigenvalue weighted by molar-refractivity contribution is 5.83. The van der Waals surface area contributed by atoms with E-state index in [1.54, 1.807) is 23.1 Å². The zero-order valence-corrected chi connectivity index (χ0v) is 28.4. The molecule has 0 saturated carbocycles. The van der Waals surface area contributed by atoms with Crippen molar-refractivity contribution < 1.29 is 24.3 Å². The second-order valence-electron chi connectivity index (χ2n) is 14.1. The van der Waals surface area contributed by atoms with Crippen LogP contribution < -0.4 is 21.5 Å². The molecule has 1 aromatic carbocycles. The fourth-order valence-electron chi connectivity index (χ4n) is 7.70. The molecular formula is C35H52N8O5. The molecule has 2 aromatic rings. The first-order valence-electron chi connectivity index (χ1n) is 17.4. The second-order valence-corrected chi connectivity index (χ2v) is 14.1. The number of nitrogens with two attached hydrogens (primary N) is 2. The first-order chi connectivity index (χ1) is 23.1. The van der Waals surface area contributed by atoms with Crippen LogP contribution in [0.2, 0.25) is 0 Å². The van der Waals surface area contributed by atoms with Crippen molar-refractivity contribution in [3.63, 3.8) is 0 Å². The maximum atomic E-state index is 13.2. The third kappa shape index (κ3) is 7.53. The van der Waals surface area contributed by atoms with Crippen LogP contribution in [0, 0.1) is 5.92 Å². The molecular weight excluding hydrogens is 612 g/mol. The molecule has 13 heteroatoms. The van der Waals surface area contributed by atoms with Gasteiger partial charge in [0, 0.05) is 69.2 Å². The number of carbonyl (C=O) groups excluding carboxylic acids is 1. The number of aliphatic hydroxyl groups is 1. The predicted octanol–water partition coefficient (Wildman–Crippen LogP) is 1.66. The maximum Gasteiger partial charge on any atom is 0.254 e. The number of nitrogens with one attached hydrogen (secondary N) is 1. The van der Waals surface area contributed by atoms with Gasteiger partial charge < -0.3 is 46.1 Å². The van der Waals surface area contributed by atoms with Crippen molar-refractivity contribution in [2.24, 2.45) is 17.4 Å². The number of para-hydroxylation sites is 1. The van der Waals surface area contributed by atoms with E-state index in [0.29, 0.717) is 54.3 Å². The van der Waals surface area contributed by atoms with E-state index in [0.717, 1.165) is 64.4 Å². The first-order valence-corrected chi connectivity index (χ1v) is 17.4. The predicted molar refractivity (Wildman–Crippen MR) is 182 cm³/mol. The van der Waals surface area contributed by atoms with Crippen LogP contribution in [0.5, 0.6) is 11.6 Å². The number of amides is 1. The summed E-state index contributed by atoms with van der Waals surface area (Å²) in [4.78, 5) is 22.4. The Balaban J connectivity index is 0.978. The van der Waals surface area contributed by atoms with Crippen molar-refractivity contribution in [1.82, 2.24) is 30.1 Å². The molecule has 0 bridgehead atoms. The van der Waals surface area contributed by atoms with Crippen molar-refractivity contribution in [2.75, 3.05) is 58.9 Å². The van der Waals surface area contributed by atoms with Gasteiger partial charge in [-0.25, -0.2) is 0 Å². The number of allylic oxidation sites excluding steroid dienone is 1. The maximum absolute atomic E-state index is 13.2.